The van der Waals surface area contributed by atoms with Crippen molar-refractivity contribution in [1.29, 1.82) is 0 Å². The van der Waals surface area contributed by atoms with E-state index < -0.39 is 9.84 Å². The number of nitrogens with two attached hydrogens (primary N) is 1. The van der Waals surface area contributed by atoms with E-state index >= 15 is 0 Å². The van der Waals surface area contributed by atoms with Gasteiger partial charge in [-0.25, -0.2) is 8.42 Å². The Labute approximate surface area is 77.5 Å². The maximum Gasteiger partial charge on any atom is 0.147 e. The third-order valence-electron chi connectivity index (χ3n) is 1.70. The Morgan fingerprint density at radius 3 is 2.62 bits per heavy atom. The molecule has 5 nitrogen and oxygen atoms in total. The van der Waals surface area contributed by atoms with Gasteiger partial charge in [0.15, 0.2) is 0 Å². The van der Waals surface area contributed by atoms with E-state index in [-0.39, 0.29) is 5.75 Å². The minimum Gasteiger partial charge on any atom is -0.384 e. The zero-order chi connectivity index (χ0) is 10.1. The van der Waals surface area contributed by atoms with E-state index in [2.05, 4.69) is 5.10 Å². The van der Waals surface area contributed by atoms with Crippen molar-refractivity contribution < 1.29 is 8.42 Å². The molecule has 0 saturated carbocycles. The molecule has 13 heavy (non-hydrogen) atoms. The van der Waals surface area contributed by atoms with Gasteiger partial charge in [-0.1, -0.05) is 0 Å². The van der Waals surface area contributed by atoms with E-state index in [0.29, 0.717) is 17.9 Å². The molecular formula is C7H13N3O2S. The van der Waals surface area contributed by atoms with Crippen LogP contribution in [0.15, 0.2) is 6.07 Å². The number of aryl methyl sites for hydroxylation is 2. The molecule has 2 N–H and O–H groups in total. The molecule has 0 aliphatic heterocycles. The monoisotopic (exact) mass is 203 g/mol. The average molecular weight is 203 g/mol. The third kappa shape index (κ3) is 3.06. The molecule has 0 fully saturated rings. The third-order valence-corrected chi connectivity index (χ3v) is 2.64. The summed E-state index contributed by atoms with van der Waals surface area (Å²) in [7, 11) is -1.19. The zero-order valence-electron chi connectivity index (χ0n) is 7.69. The highest BCUT2D eigenvalue weighted by molar-refractivity contribution is 7.90. The summed E-state index contributed by atoms with van der Waals surface area (Å²) in [4.78, 5) is 0. The smallest absolute Gasteiger partial charge is 0.147 e. The lowest BCUT2D eigenvalue weighted by molar-refractivity contribution is 0.600. The summed E-state index contributed by atoms with van der Waals surface area (Å²) in [6.07, 6.45) is 1.63. The summed E-state index contributed by atoms with van der Waals surface area (Å²) in [5.41, 5.74) is 6.24. The van der Waals surface area contributed by atoms with Crippen molar-refractivity contribution in [2.45, 2.75) is 6.42 Å². The second-order valence-corrected chi connectivity index (χ2v) is 5.32. The van der Waals surface area contributed by atoms with Crippen LogP contribution in [0.1, 0.15) is 5.69 Å². The topological polar surface area (TPSA) is 78.0 Å². The number of rotatable bonds is 3. The zero-order valence-corrected chi connectivity index (χ0v) is 8.50. The first-order valence-corrected chi connectivity index (χ1v) is 5.90. The van der Waals surface area contributed by atoms with Crippen molar-refractivity contribution in [2.75, 3.05) is 17.7 Å². The Balaban J connectivity index is 2.66. The van der Waals surface area contributed by atoms with Gasteiger partial charge in [-0.05, 0) is 0 Å². The summed E-state index contributed by atoms with van der Waals surface area (Å²) >= 11 is 0. The van der Waals surface area contributed by atoms with Crippen LogP contribution < -0.4 is 5.73 Å². The Bertz CT molecular complexity index is 374. The molecule has 6 heteroatoms. The Kier molecular flexibility index (Phi) is 2.60. The molecule has 0 aliphatic rings. The molecule has 1 rings (SSSR count). The van der Waals surface area contributed by atoms with Crippen LogP contribution >= 0.6 is 0 Å². The second-order valence-electron chi connectivity index (χ2n) is 3.06. The van der Waals surface area contributed by atoms with E-state index in [1.807, 2.05) is 0 Å². The van der Waals surface area contributed by atoms with Crippen molar-refractivity contribution in [2.24, 2.45) is 7.05 Å². The normalized spacial score (nSPS) is 11.8. The SMILES string of the molecule is Cn1nc(CCS(C)(=O)=O)cc1N. The lowest BCUT2D eigenvalue weighted by atomic mass is 10.3. The van der Waals surface area contributed by atoms with Gasteiger partial charge < -0.3 is 5.73 Å². The molecule has 1 aromatic rings. The predicted molar refractivity (Wildman–Crippen MR) is 51.0 cm³/mol. The first-order chi connectivity index (χ1) is 5.88. The van der Waals surface area contributed by atoms with Gasteiger partial charge in [0.05, 0.1) is 11.4 Å². The molecule has 0 amide bonds. The molecule has 0 aliphatic carbocycles. The highest BCUT2D eigenvalue weighted by Gasteiger charge is 2.06. The summed E-state index contributed by atoms with van der Waals surface area (Å²) in [6.45, 7) is 0. The molecule has 0 atom stereocenters. The van der Waals surface area contributed by atoms with Crippen molar-refractivity contribution in [3.63, 3.8) is 0 Å². The average Bonchev–Trinajstić information content (AvgIpc) is 2.27. The van der Waals surface area contributed by atoms with E-state index in [0.717, 1.165) is 0 Å². The molecule has 0 aromatic carbocycles. The van der Waals surface area contributed by atoms with Crippen LogP contribution in [0.5, 0.6) is 0 Å². The largest absolute Gasteiger partial charge is 0.384 e. The number of anilines is 1. The molecule has 1 heterocycles. The van der Waals surface area contributed by atoms with Gasteiger partial charge in [-0.2, -0.15) is 5.10 Å². The standard InChI is InChI=1S/C7H13N3O2S/c1-10-7(8)5-6(9-10)3-4-13(2,11)12/h5H,3-4,8H2,1-2H3. The van der Waals surface area contributed by atoms with Crippen LogP contribution in [-0.2, 0) is 23.3 Å². The molecule has 0 radical (unpaired) electrons. The van der Waals surface area contributed by atoms with Gasteiger partial charge in [-0.3, -0.25) is 4.68 Å². The Morgan fingerprint density at radius 2 is 2.23 bits per heavy atom. The number of nitrogen functional groups attached to an aromatic ring is 1. The molecule has 74 valence electrons. The molecule has 0 saturated heterocycles. The number of nitrogens with zero attached hydrogens (tertiary/aromatic N) is 2. The fraction of sp³-hybridized carbons (Fsp3) is 0.571. The van der Waals surface area contributed by atoms with Crippen LogP contribution in [0.3, 0.4) is 0 Å². The van der Waals surface area contributed by atoms with Gasteiger partial charge in [0, 0.05) is 25.8 Å². The first-order valence-electron chi connectivity index (χ1n) is 3.84. The highest BCUT2D eigenvalue weighted by atomic mass is 32.2. The lowest BCUT2D eigenvalue weighted by Gasteiger charge is -1.93. The van der Waals surface area contributed by atoms with Gasteiger partial charge in [-0.15, -0.1) is 0 Å². The second kappa shape index (κ2) is 3.37. The van der Waals surface area contributed by atoms with Crippen molar-refractivity contribution in [3.05, 3.63) is 11.8 Å². The summed E-state index contributed by atoms with van der Waals surface area (Å²) < 4.78 is 23.2. The summed E-state index contributed by atoms with van der Waals surface area (Å²) in [5.74, 6) is 0.659. The van der Waals surface area contributed by atoms with E-state index in [9.17, 15) is 8.42 Å². The van der Waals surface area contributed by atoms with Crippen molar-refractivity contribution in [1.82, 2.24) is 9.78 Å². The van der Waals surface area contributed by atoms with Gasteiger partial charge in [0.25, 0.3) is 0 Å². The van der Waals surface area contributed by atoms with Crippen LogP contribution in [0.4, 0.5) is 5.82 Å². The number of sulfone groups is 1. The van der Waals surface area contributed by atoms with Crippen molar-refractivity contribution in [3.8, 4) is 0 Å². The maximum atomic E-state index is 10.8. The van der Waals surface area contributed by atoms with Gasteiger partial charge >= 0.3 is 0 Å². The molecule has 0 unspecified atom stereocenters. The lowest BCUT2D eigenvalue weighted by Crippen LogP contribution is -2.06. The van der Waals surface area contributed by atoms with Crippen LogP contribution in [0, 0.1) is 0 Å². The van der Waals surface area contributed by atoms with Crippen molar-refractivity contribution >= 4 is 15.7 Å². The molecule has 0 bridgehead atoms. The van der Waals surface area contributed by atoms with Crippen LogP contribution in [-0.4, -0.2) is 30.2 Å². The van der Waals surface area contributed by atoms with E-state index in [1.165, 1.54) is 10.9 Å². The minimum absolute atomic E-state index is 0.115. The Hall–Kier alpha value is -1.04. The summed E-state index contributed by atoms with van der Waals surface area (Å²) in [5, 5.41) is 4.04. The predicted octanol–water partition coefficient (Wildman–Crippen LogP) is -0.411. The van der Waals surface area contributed by atoms with E-state index in [1.54, 1.807) is 13.1 Å². The Morgan fingerprint density at radius 1 is 1.62 bits per heavy atom. The molecular weight excluding hydrogens is 190 g/mol. The minimum atomic E-state index is -2.92. The number of hydrogen-bond acceptors (Lipinski definition) is 4. The first kappa shape index (κ1) is 10.0. The van der Waals surface area contributed by atoms with E-state index in [4.69, 9.17) is 5.73 Å². The summed E-state index contributed by atoms with van der Waals surface area (Å²) in [6, 6.07) is 1.69. The molecule has 0 spiro atoms. The van der Waals surface area contributed by atoms with Gasteiger partial charge in [0.2, 0.25) is 0 Å². The fourth-order valence-corrected chi connectivity index (χ4v) is 1.54. The highest BCUT2D eigenvalue weighted by Crippen LogP contribution is 2.05. The van der Waals surface area contributed by atoms with Crippen LogP contribution in [0.2, 0.25) is 0 Å². The van der Waals surface area contributed by atoms with Crippen LogP contribution in [0.25, 0.3) is 0 Å². The maximum absolute atomic E-state index is 10.8. The quantitative estimate of drug-likeness (QED) is 0.724. The number of aromatic nitrogens is 2. The van der Waals surface area contributed by atoms with Gasteiger partial charge in [0.1, 0.15) is 15.7 Å². The number of hydrogen-bond donors (Lipinski definition) is 1. The fourth-order valence-electron chi connectivity index (χ4n) is 0.956. The molecule has 1 aromatic heterocycles.